The van der Waals surface area contributed by atoms with Crippen LogP contribution in [0.3, 0.4) is 0 Å². The number of hydrogen-bond acceptors (Lipinski definition) is 4. The van der Waals surface area contributed by atoms with Gasteiger partial charge in [0.05, 0.1) is 6.54 Å². The highest BCUT2D eigenvalue weighted by molar-refractivity contribution is 7.09. The Labute approximate surface area is 78.5 Å². The van der Waals surface area contributed by atoms with E-state index >= 15 is 0 Å². The SMILES string of the molecule is O=c1cccnn1Cc1nccs1. The minimum atomic E-state index is -0.0994. The van der Waals surface area contributed by atoms with Gasteiger partial charge >= 0.3 is 0 Å². The second kappa shape index (κ2) is 3.49. The fourth-order valence-corrected chi connectivity index (χ4v) is 1.56. The molecule has 0 aliphatic carbocycles. The summed E-state index contributed by atoms with van der Waals surface area (Å²) in [5.41, 5.74) is -0.0994. The molecular weight excluding hydrogens is 186 g/mol. The first-order valence-electron chi connectivity index (χ1n) is 3.77. The maximum absolute atomic E-state index is 11.2. The van der Waals surface area contributed by atoms with Gasteiger partial charge in [-0.25, -0.2) is 9.67 Å². The van der Waals surface area contributed by atoms with Crippen molar-refractivity contribution >= 4 is 11.3 Å². The average molecular weight is 193 g/mol. The molecule has 4 nitrogen and oxygen atoms in total. The highest BCUT2D eigenvalue weighted by Crippen LogP contribution is 2.03. The van der Waals surface area contributed by atoms with E-state index in [9.17, 15) is 4.79 Å². The van der Waals surface area contributed by atoms with Gasteiger partial charge in [0.15, 0.2) is 0 Å². The van der Waals surface area contributed by atoms with Crippen molar-refractivity contribution in [2.75, 3.05) is 0 Å². The van der Waals surface area contributed by atoms with Gasteiger partial charge in [-0.15, -0.1) is 11.3 Å². The molecule has 0 unspecified atom stereocenters. The van der Waals surface area contributed by atoms with Crippen molar-refractivity contribution in [3.05, 3.63) is 45.3 Å². The van der Waals surface area contributed by atoms with E-state index < -0.39 is 0 Å². The van der Waals surface area contributed by atoms with Crippen molar-refractivity contribution in [1.29, 1.82) is 0 Å². The van der Waals surface area contributed by atoms with Gasteiger partial charge in [-0.05, 0) is 6.07 Å². The Bertz CT molecular complexity index is 435. The van der Waals surface area contributed by atoms with E-state index in [1.165, 1.54) is 22.1 Å². The molecule has 0 aliphatic heterocycles. The van der Waals surface area contributed by atoms with Crippen LogP contribution in [-0.2, 0) is 6.54 Å². The average Bonchev–Trinajstić information content (AvgIpc) is 2.61. The molecule has 2 aromatic rings. The molecule has 0 aliphatic rings. The van der Waals surface area contributed by atoms with E-state index in [4.69, 9.17) is 0 Å². The summed E-state index contributed by atoms with van der Waals surface area (Å²) >= 11 is 1.52. The predicted octanol–water partition coefficient (Wildman–Crippen LogP) is 0.748. The standard InChI is InChI=1S/C8H7N3OS/c12-8-2-1-3-10-11(8)6-7-9-4-5-13-7/h1-5H,6H2. The minimum absolute atomic E-state index is 0.0994. The van der Waals surface area contributed by atoms with Crippen LogP contribution >= 0.6 is 11.3 Å². The van der Waals surface area contributed by atoms with E-state index in [1.54, 1.807) is 18.5 Å². The van der Waals surface area contributed by atoms with Gasteiger partial charge in [-0.2, -0.15) is 5.10 Å². The monoisotopic (exact) mass is 193 g/mol. The molecule has 5 heteroatoms. The molecule has 0 bridgehead atoms. The van der Waals surface area contributed by atoms with Gasteiger partial charge in [-0.1, -0.05) is 0 Å². The fraction of sp³-hybridized carbons (Fsp3) is 0.125. The lowest BCUT2D eigenvalue weighted by atomic mass is 10.5. The quantitative estimate of drug-likeness (QED) is 0.707. The second-order valence-corrected chi connectivity index (χ2v) is 3.42. The largest absolute Gasteiger partial charge is 0.268 e. The Hall–Kier alpha value is -1.49. The topological polar surface area (TPSA) is 47.8 Å². The lowest BCUT2D eigenvalue weighted by molar-refractivity contribution is 0.636. The minimum Gasteiger partial charge on any atom is -0.268 e. The van der Waals surface area contributed by atoms with Gasteiger partial charge in [0.1, 0.15) is 5.01 Å². The van der Waals surface area contributed by atoms with Gasteiger partial charge in [0.2, 0.25) is 0 Å². The summed E-state index contributed by atoms with van der Waals surface area (Å²) in [7, 11) is 0. The van der Waals surface area contributed by atoms with E-state index in [0.29, 0.717) is 6.54 Å². The molecule has 2 heterocycles. The van der Waals surface area contributed by atoms with Gasteiger partial charge < -0.3 is 0 Å². The zero-order valence-electron chi connectivity index (χ0n) is 6.75. The highest BCUT2D eigenvalue weighted by Gasteiger charge is 1.98. The molecule has 66 valence electrons. The summed E-state index contributed by atoms with van der Waals surface area (Å²) in [5.74, 6) is 0. The Kier molecular flexibility index (Phi) is 2.18. The number of hydrogen-bond donors (Lipinski definition) is 0. The third kappa shape index (κ3) is 1.81. The molecule has 0 saturated carbocycles. The maximum atomic E-state index is 11.2. The summed E-state index contributed by atoms with van der Waals surface area (Å²) in [6.07, 6.45) is 3.31. The van der Waals surface area contributed by atoms with E-state index in [0.717, 1.165) is 5.01 Å². The van der Waals surface area contributed by atoms with Crippen LogP contribution in [-0.4, -0.2) is 14.8 Å². The second-order valence-electron chi connectivity index (χ2n) is 2.45. The van der Waals surface area contributed by atoms with Crippen LogP contribution in [0.2, 0.25) is 0 Å². The summed E-state index contributed by atoms with van der Waals surface area (Å²) < 4.78 is 1.39. The number of rotatable bonds is 2. The third-order valence-corrected chi connectivity index (χ3v) is 2.32. The lowest BCUT2D eigenvalue weighted by Crippen LogP contribution is -2.21. The maximum Gasteiger partial charge on any atom is 0.267 e. The molecule has 0 saturated heterocycles. The van der Waals surface area contributed by atoms with Crippen LogP contribution < -0.4 is 5.56 Å². The molecule has 0 radical (unpaired) electrons. The number of aromatic nitrogens is 3. The third-order valence-electron chi connectivity index (χ3n) is 1.55. The summed E-state index contributed by atoms with van der Waals surface area (Å²) in [4.78, 5) is 15.3. The number of nitrogens with zero attached hydrogens (tertiary/aromatic N) is 3. The molecule has 0 N–H and O–H groups in total. The predicted molar refractivity (Wildman–Crippen MR) is 49.7 cm³/mol. The Morgan fingerprint density at radius 1 is 1.46 bits per heavy atom. The van der Waals surface area contributed by atoms with Crippen LogP contribution in [0.15, 0.2) is 34.7 Å². The summed E-state index contributed by atoms with van der Waals surface area (Å²) in [6, 6.07) is 3.11. The van der Waals surface area contributed by atoms with Crippen LogP contribution in [0.1, 0.15) is 5.01 Å². The van der Waals surface area contributed by atoms with Crippen LogP contribution in [0.5, 0.6) is 0 Å². The molecule has 2 rings (SSSR count). The van der Waals surface area contributed by atoms with Crippen molar-refractivity contribution < 1.29 is 0 Å². The van der Waals surface area contributed by atoms with Crippen molar-refractivity contribution in [2.45, 2.75) is 6.54 Å². The molecule has 2 aromatic heterocycles. The molecular formula is C8H7N3OS. The molecule has 0 atom stereocenters. The van der Waals surface area contributed by atoms with E-state index in [1.807, 2.05) is 5.38 Å². The smallest absolute Gasteiger partial charge is 0.267 e. The van der Waals surface area contributed by atoms with Crippen molar-refractivity contribution in [3.63, 3.8) is 0 Å². The normalized spacial score (nSPS) is 10.2. The first-order valence-corrected chi connectivity index (χ1v) is 4.65. The zero-order chi connectivity index (χ0) is 9.10. The Morgan fingerprint density at radius 2 is 2.38 bits per heavy atom. The van der Waals surface area contributed by atoms with Crippen molar-refractivity contribution in [1.82, 2.24) is 14.8 Å². The molecule has 0 aromatic carbocycles. The molecule has 0 fully saturated rings. The van der Waals surface area contributed by atoms with Crippen LogP contribution in [0.4, 0.5) is 0 Å². The summed E-state index contributed by atoms with van der Waals surface area (Å²) in [5, 5.41) is 6.69. The Balaban J connectivity index is 2.29. The first-order chi connectivity index (χ1) is 6.36. The van der Waals surface area contributed by atoms with Gasteiger partial charge in [-0.3, -0.25) is 4.79 Å². The van der Waals surface area contributed by atoms with E-state index in [2.05, 4.69) is 10.1 Å². The highest BCUT2D eigenvalue weighted by atomic mass is 32.1. The van der Waals surface area contributed by atoms with Crippen LogP contribution in [0.25, 0.3) is 0 Å². The van der Waals surface area contributed by atoms with Gasteiger partial charge in [0, 0.05) is 23.8 Å². The molecule has 0 spiro atoms. The van der Waals surface area contributed by atoms with Gasteiger partial charge in [0.25, 0.3) is 5.56 Å². The Morgan fingerprint density at radius 3 is 3.08 bits per heavy atom. The van der Waals surface area contributed by atoms with E-state index in [-0.39, 0.29) is 5.56 Å². The fourth-order valence-electron chi connectivity index (χ4n) is 0.965. The zero-order valence-corrected chi connectivity index (χ0v) is 7.57. The first kappa shape index (κ1) is 8.12. The number of thiazole rings is 1. The van der Waals surface area contributed by atoms with Crippen LogP contribution in [0, 0.1) is 0 Å². The van der Waals surface area contributed by atoms with Crippen molar-refractivity contribution in [2.24, 2.45) is 0 Å². The molecule has 13 heavy (non-hydrogen) atoms. The van der Waals surface area contributed by atoms with Crippen molar-refractivity contribution in [3.8, 4) is 0 Å². The lowest BCUT2D eigenvalue weighted by Gasteiger charge is -1.98. The summed E-state index contributed by atoms with van der Waals surface area (Å²) in [6.45, 7) is 0.456. The molecule has 0 amide bonds.